The zero-order valence-corrected chi connectivity index (χ0v) is 14.6. The van der Waals surface area contributed by atoms with Crippen molar-refractivity contribution in [1.82, 2.24) is 10.2 Å². The van der Waals surface area contributed by atoms with E-state index in [-0.39, 0.29) is 0 Å². The fourth-order valence-corrected chi connectivity index (χ4v) is 4.40. The number of rotatable bonds is 6. The molecule has 0 radical (unpaired) electrons. The van der Waals surface area contributed by atoms with E-state index in [2.05, 4.69) is 31.0 Å². The number of nitrogens with zero attached hydrogens (tertiary/aromatic N) is 1. The Balaban J connectivity index is 1.95. The lowest BCUT2D eigenvalue weighted by atomic mass is 9.69. The van der Waals surface area contributed by atoms with Crippen LogP contribution in [0.2, 0.25) is 0 Å². The van der Waals surface area contributed by atoms with Gasteiger partial charge in [0.05, 0.1) is 5.60 Å². The molecule has 0 aromatic rings. The Kier molecular flexibility index (Phi) is 5.72. The molecular weight excluding hydrogens is 260 g/mol. The number of likely N-dealkylation sites (tertiary alicyclic amines) is 1. The van der Waals surface area contributed by atoms with Crippen LogP contribution in [-0.2, 0) is 0 Å². The SMILES string of the molecule is CC(C)CNCC1(CN2CCC(C)(O)C2)CCCC(C)C1. The summed E-state index contributed by atoms with van der Waals surface area (Å²) in [5.74, 6) is 1.57. The second-order valence-electron chi connectivity index (χ2n) is 8.68. The van der Waals surface area contributed by atoms with Gasteiger partial charge in [0.25, 0.3) is 0 Å². The minimum Gasteiger partial charge on any atom is -0.389 e. The van der Waals surface area contributed by atoms with Crippen molar-refractivity contribution in [2.45, 2.75) is 65.4 Å². The van der Waals surface area contributed by atoms with Crippen LogP contribution in [0.1, 0.15) is 59.8 Å². The van der Waals surface area contributed by atoms with Gasteiger partial charge in [-0.3, -0.25) is 4.90 Å². The molecule has 0 aromatic carbocycles. The van der Waals surface area contributed by atoms with Gasteiger partial charge < -0.3 is 10.4 Å². The monoisotopic (exact) mass is 296 g/mol. The largest absolute Gasteiger partial charge is 0.389 e. The first-order valence-corrected chi connectivity index (χ1v) is 8.96. The molecular formula is C18H36N2O. The van der Waals surface area contributed by atoms with E-state index in [0.717, 1.165) is 44.4 Å². The quantitative estimate of drug-likeness (QED) is 0.791. The third-order valence-corrected chi connectivity index (χ3v) is 5.33. The summed E-state index contributed by atoms with van der Waals surface area (Å²) >= 11 is 0. The van der Waals surface area contributed by atoms with Crippen LogP contribution in [0, 0.1) is 17.3 Å². The molecule has 3 heteroatoms. The highest BCUT2D eigenvalue weighted by Crippen LogP contribution is 2.40. The van der Waals surface area contributed by atoms with Crippen molar-refractivity contribution in [3.8, 4) is 0 Å². The Morgan fingerprint density at radius 3 is 2.67 bits per heavy atom. The molecule has 2 fully saturated rings. The predicted molar refractivity (Wildman–Crippen MR) is 89.5 cm³/mol. The van der Waals surface area contributed by atoms with Crippen molar-refractivity contribution in [2.75, 3.05) is 32.7 Å². The molecule has 3 nitrogen and oxygen atoms in total. The van der Waals surface area contributed by atoms with Crippen molar-refractivity contribution < 1.29 is 5.11 Å². The molecule has 124 valence electrons. The molecule has 2 rings (SSSR count). The van der Waals surface area contributed by atoms with Gasteiger partial charge in [-0.05, 0) is 50.0 Å². The molecule has 1 aliphatic carbocycles. The molecule has 1 saturated carbocycles. The smallest absolute Gasteiger partial charge is 0.0758 e. The maximum absolute atomic E-state index is 10.2. The molecule has 0 bridgehead atoms. The molecule has 0 amide bonds. The maximum Gasteiger partial charge on any atom is 0.0758 e. The Morgan fingerprint density at radius 1 is 1.33 bits per heavy atom. The zero-order chi connectivity index (χ0) is 15.5. The zero-order valence-electron chi connectivity index (χ0n) is 14.6. The molecule has 3 atom stereocenters. The number of aliphatic hydroxyl groups is 1. The lowest BCUT2D eigenvalue weighted by molar-refractivity contribution is 0.0482. The Morgan fingerprint density at radius 2 is 2.10 bits per heavy atom. The maximum atomic E-state index is 10.2. The van der Waals surface area contributed by atoms with E-state index in [4.69, 9.17) is 0 Å². The number of β-amino-alcohol motifs (C(OH)–C–C–N with tert-alkyl or cyclic N) is 1. The molecule has 1 saturated heterocycles. The van der Waals surface area contributed by atoms with Crippen molar-refractivity contribution in [2.24, 2.45) is 17.3 Å². The molecule has 1 heterocycles. The van der Waals surface area contributed by atoms with Gasteiger partial charge in [0.1, 0.15) is 0 Å². The van der Waals surface area contributed by atoms with Crippen LogP contribution in [0.15, 0.2) is 0 Å². The summed E-state index contributed by atoms with van der Waals surface area (Å²) in [5.41, 5.74) is -0.0419. The standard InChI is InChI=1S/C18H36N2O/c1-15(2)11-19-12-18(7-5-6-16(3)10-18)14-20-9-8-17(4,21)13-20/h15-16,19,21H,5-14H2,1-4H3. The van der Waals surface area contributed by atoms with Crippen LogP contribution in [-0.4, -0.2) is 48.3 Å². The van der Waals surface area contributed by atoms with E-state index in [9.17, 15) is 5.11 Å². The summed E-state index contributed by atoms with van der Waals surface area (Å²) in [6.07, 6.45) is 6.38. The minimum absolute atomic E-state index is 0.424. The lowest BCUT2D eigenvalue weighted by Crippen LogP contribution is -2.47. The molecule has 1 aliphatic heterocycles. The van der Waals surface area contributed by atoms with Crippen LogP contribution < -0.4 is 5.32 Å². The first kappa shape index (κ1) is 17.2. The van der Waals surface area contributed by atoms with Crippen LogP contribution in [0.25, 0.3) is 0 Å². The average Bonchev–Trinajstić information content (AvgIpc) is 2.67. The Hall–Kier alpha value is -0.120. The average molecular weight is 296 g/mol. The molecule has 3 unspecified atom stereocenters. The Labute approximate surface area is 131 Å². The highest BCUT2D eigenvalue weighted by molar-refractivity contribution is 4.94. The van der Waals surface area contributed by atoms with Crippen molar-refractivity contribution in [1.29, 1.82) is 0 Å². The van der Waals surface area contributed by atoms with E-state index in [0.29, 0.717) is 5.41 Å². The van der Waals surface area contributed by atoms with Crippen molar-refractivity contribution in [3.05, 3.63) is 0 Å². The normalized spacial score (nSPS) is 38.3. The van der Waals surface area contributed by atoms with Gasteiger partial charge in [0.15, 0.2) is 0 Å². The molecule has 21 heavy (non-hydrogen) atoms. The molecule has 2 N–H and O–H groups in total. The lowest BCUT2D eigenvalue weighted by Gasteiger charge is -2.43. The molecule has 0 aromatic heterocycles. The topological polar surface area (TPSA) is 35.5 Å². The predicted octanol–water partition coefficient (Wildman–Crippen LogP) is 2.89. The molecule has 2 aliphatic rings. The summed E-state index contributed by atoms with van der Waals surface area (Å²) in [7, 11) is 0. The molecule has 0 spiro atoms. The van der Waals surface area contributed by atoms with Gasteiger partial charge in [-0.2, -0.15) is 0 Å². The van der Waals surface area contributed by atoms with E-state index < -0.39 is 5.60 Å². The van der Waals surface area contributed by atoms with E-state index >= 15 is 0 Å². The van der Waals surface area contributed by atoms with Gasteiger partial charge in [0.2, 0.25) is 0 Å². The van der Waals surface area contributed by atoms with E-state index in [1.54, 1.807) is 0 Å². The number of nitrogens with one attached hydrogen (secondary N) is 1. The number of hydrogen-bond acceptors (Lipinski definition) is 3. The van der Waals surface area contributed by atoms with Crippen molar-refractivity contribution >= 4 is 0 Å². The minimum atomic E-state index is -0.465. The third-order valence-electron chi connectivity index (χ3n) is 5.33. The number of hydrogen-bond donors (Lipinski definition) is 2. The summed E-state index contributed by atoms with van der Waals surface area (Å²) in [5, 5.41) is 13.9. The highest BCUT2D eigenvalue weighted by Gasteiger charge is 2.40. The van der Waals surface area contributed by atoms with Gasteiger partial charge in [0, 0.05) is 26.2 Å². The van der Waals surface area contributed by atoms with Gasteiger partial charge >= 0.3 is 0 Å². The van der Waals surface area contributed by atoms with Crippen LogP contribution in [0.3, 0.4) is 0 Å². The van der Waals surface area contributed by atoms with Gasteiger partial charge in [-0.1, -0.05) is 33.6 Å². The second kappa shape index (κ2) is 6.97. The van der Waals surface area contributed by atoms with Crippen LogP contribution in [0.4, 0.5) is 0 Å². The van der Waals surface area contributed by atoms with Gasteiger partial charge in [-0.25, -0.2) is 0 Å². The van der Waals surface area contributed by atoms with Crippen LogP contribution in [0.5, 0.6) is 0 Å². The fourth-order valence-electron chi connectivity index (χ4n) is 4.40. The summed E-state index contributed by atoms with van der Waals surface area (Å²) in [6, 6.07) is 0. The Bertz CT molecular complexity index is 329. The third kappa shape index (κ3) is 5.22. The first-order chi connectivity index (χ1) is 9.80. The second-order valence-corrected chi connectivity index (χ2v) is 8.68. The van der Waals surface area contributed by atoms with E-state index in [1.165, 1.54) is 32.2 Å². The fraction of sp³-hybridized carbons (Fsp3) is 1.00. The summed E-state index contributed by atoms with van der Waals surface area (Å²) < 4.78 is 0. The van der Waals surface area contributed by atoms with E-state index in [1.807, 2.05) is 6.92 Å². The summed E-state index contributed by atoms with van der Waals surface area (Å²) in [4.78, 5) is 2.51. The first-order valence-electron chi connectivity index (χ1n) is 8.96. The van der Waals surface area contributed by atoms with Gasteiger partial charge in [-0.15, -0.1) is 0 Å². The van der Waals surface area contributed by atoms with Crippen molar-refractivity contribution in [3.63, 3.8) is 0 Å². The highest BCUT2D eigenvalue weighted by atomic mass is 16.3. The summed E-state index contributed by atoms with van der Waals surface area (Å²) in [6.45, 7) is 14.3. The van der Waals surface area contributed by atoms with Crippen LogP contribution >= 0.6 is 0 Å².